The summed E-state index contributed by atoms with van der Waals surface area (Å²) in [5.74, 6) is 0.838. The fourth-order valence-electron chi connectivity index (χ4n) is 4.66. The monoisotopic (exact) mass is 422 g/mol. The van der Waals surface area contributed by atoms with Gasteiger partial charge in [0.1, 0.15) is 0 Å². The van der Waals surface area contributed by atoms with Gasteiger partial charge in [0, 0.05) is 49.4 Å². The van der Waals surface area contributed by atoms with Crippen LogP contribution in [0.25, 0.3) is 0 Å². The van der Waals surface area contributed by atoms with Gasteiger partial charge in [0.2, 0.25) is 11.9 Å². The van der Waals surface area contributed by atoms with Gasteiger partial charge in [-0.3, -0.25) is 9.69 Å². The van der Waals surface area contributed by atoms with Gasteiger partial charge < -0.3 is 15.8 Å². The van der Waals surface area contributed by atoms with Crippen LogP contribution >= 0.6 is 0 Å². The number of carbonyl (C=O) groups excluding carboxylic acids is 1. The van der Waals surface area contributed by atoms with Gasteiger partial charge in [-0.25, -0.2) is 9.97 Å². The number of nitrogen functional groups attached to an aromatic ring is 1. The molecule has 1 aromatic heterocycles. The van der Waals surface area contributed by atoms with Crippen LogP contribution in [0.3, 0.4) is 0 Å². The van der Waals surface area contributed by atoms with E-state index in [1.165, 1.54) is 0 Å². The first-order valence-corrected chi connectivity index (χ1v) is 11.0. The molecule has 2 aliphatic rings. The lowest BCUT2D eigenvalue weighted by Gasteiger charge is -2.37. The first-order valence-electron chi connectivity index (χ1n) is 11.0. The standard InChI is InChI=1S/C23H30N6O2/c24-23-25-14-17(15-26-23)16-28-10-6-20(7-11-28)22(30)29-12-8-19(9-13-29)21(27-31)18-4-2-1-3-5-18/h1-5,14-15,19-20,31H,6-13,16H2,(H2,24,25,26). The van der Waals surface area contributed by atoms with Crippen molar-refractivity contribution in [3.63, 3.8) is 0 Å². The summed E-state index contributed by atoms with van der Waals surface area (Å²) >= 11 is 0. The number of benzene rings is 1. The van der Waals surface area contributed by atoms with Crippen molar-refractivity contribution in [3.05, 3.63) is 53.9 Å². The van der Waals surface area contributed by atoms with Crippen LogP contribution < -0.4 is 5.73 Å². The number of likely N-dealkylation sites (tertiary alicyclic amines) is 2. The van der Waals surface area contributed by atoms with Crippen LogP contribution in [0.5, 0.6) is 0 Å². The largest absolute Gasteiger partial charge is 0.411 e. The lowest BCUT2D eigenvalue weighted by atomic mass is 9.87. The third kappa shape index (κ3) is 5.19. The van der Waals surface area contributed by atoms with Gasteiger partial charge in [0.25, 0.3) is 0 Å². The first kappa shape index (κ1) is 21.2. The average Bonchev–Trinajstić information content (AvgIpc) is 2.82. The van der Waals surface area contributed by atoms with Crippen molar-refractivity contribution in [3.8, 4) is 0 Å². The van der Waals surface area contributed by atoms with Crippen molar-refractivity contribution in [1.29, 1.82) is 0 Å². The molecule has 0 unspecified atom stereocenters. The van der Waals surface area contributed by atoms with Gasteiger partial charge >= 0.3 is 0 Å². The van der Waals surface area contributed by atoms with Crippen molar-refractivity contribution >= 4 is 17.6 Å². The molecule has 0 aliphatic carbocycles. The van der Waals surface area contributed by atoms with Crippen LogP contribution in [-0.4, -0.2) is 62.8 Å². The Hall–Kier alpha value is -3.00. The van der Waals surface area contributed by atoms with Crippen LogP contribution in [0.2, 0.25) is 0 Å². The maximum atomic E-state index is 13.1. The Kier molecular flexibility index (Phi) is 6.76. The Morgan fingerprint density at radius 1 is 1.00 bits per heavy atom. The smallest absolute Gasteiger partial charge is 0.225 e. The highest BCUT2D eigenvalue weighted by Gasteiger charge is 2.32. The Labute approximate surface area is 182 Å². The van der Waals surface area contributed by atoms with E-state index < -0.39 is 0 Å². The number of aromatic nitrogens is 2. The topological polar surface area (TPSA) is 108 Å². The fraction of sp³-hybridized carbons (Fsp3) is 0.478. The minimum atomic E-state index is 0.0931. The second-order valence-electron chi connectivity index (χ2n) is 8.45. The number of oxime groups is 1. The highest BCUT2D eigenvalue weighted by molar-refractivity contribution is 6.02. The summed E-state index contributed by atoms with van der Waals surface area (Å²) in [7, 11) is 0. The number of carbonyl (C=O) groups is 1. The molecule has 31 heavy (non-hydrogen) atoms. The summed E-state index contributed by atoms with van der Waals surface area (Å²) in [5, 5.41) is 13.1. The molecule has 0 spiro atoms. The predicted octanol–water partition coefficient (Wildman–Crippen LogP) is 2.39. The molecule has 0 atom stereocenters. The summed E-state index contributed by atoms with van der Waals surface area (Å²) in [6.45, 7) is 4.02. The number of nitrogens with two attached hydrogens (primary N) is 1. The summed E-state index contributed by atoms with van der Waals surface area (Å²) in [5.41, 5.74) is 8.27. The van der Waals surface area contributed by atoms with E-state index in [0.29, 0.717) is 0 Å². The number of amides is 1. The second-order valence-corrected chi connectivity index (χ2v) is 8.45. The van der Waals surface area contributed by atoms with E-state index in [2.05, 4.69) is 20.0 Å². The number of rotatable bonds is 5. The zero-order valence-corrected chi connectivity index (χ0v) is 17.7. The molecule has 2 aliphatic heterocycles. The molecule has 1 amide bonds. The quantitative estimate of drug-likeness (QED) is 0.435. The molecule has 0 saturated carbocycles. The van der Waals surface area contributed by atoms with E-state index in [1.807, 2.05) is 35.2 Å². The minimum absolute atomic E-state index is 0.0931. The van der Waals surface area contributed by atoms with Crippen LogP contribution in [0, 0.1) is 11.8 Å². The molecule has 1 aromatic carbocycles. The summed E-state index contributed by atoms with van der Waals surface area (Å²) in [6, 6.07) is 9.79. The molecule has 2 fully saturated rings. The molecule has 8 nitrogen and oxygen atoms in total. The van der Waals surface area contributed by atoms with Crippen molar-refractivity contribution in [2.75, 3.05) is 31.9 Å². The molecule has 8 heteroatoms. The highest BCUT2D eigenvalue weighted by atomic mass is 16.4. The van der Waals surface area contributed by atoms with Gasteiger partial charge in [0.05, 0.1) is 5.71 Å². The lowest BCUT2D eigenvalue weighted by Crippen LogP contribution is -2.46. The summed E-state index contributed by atoms with van der Waals surface area (Å²) in [6.07, 6.45) is 6.95. The molecule has 3 N–H and O–H groups in total. The first-order chi connectivity index (χ1) is 15.1. The number of hydrogen-bond acceptors (Lipinski definition) is 7. The predicted molar refractivity (Wildman–Crippen MR) is 119 cm³/mol. The Morgan fingerprint density at radius 2 is 1.61 bits per heavy atom. The number of hydrogen-bond donors (Lipinski definition) is 2. The highest BCUT2D eigenvalue weighted by Crippen LogP contribution is 2.26. The lowest BCUT2D eigenvalue weighted by molar-refractivity contribution is -0.138. The maximum absolute atomic E-state index is 13.1. The van der Waals surface area contributed by atoms with Gasteiger partial charge in [0.15, 0.2) is 0 Å². The van der Waals surface area contributed by atoms with Crippen LogP contribution in [-0.2, 0) is 11.3 Å². The summed E-state index contributed by atoms with van der Waals surface area (Å²) < 4.78 is 0. The van der Waals surface area contributed by atoms with Crippen molar-refractivity contribution in [2.24, 2.45) is 17.0 Å². The molecule has 2 saturated heterocycles. The van der Waals surface area contributed by atoms with E-state index >= 15 is 0 Å². The van der Waals surface area contributed by atoms with E-state index in [0.717, 1.165) is 75.2 Å². The van der Waals surface area contributed by atoms with E-state index in [4.69, 9.17) is 5.73 Å². The Bertz CT molecular complexity index is 886. The van der Waals surface area contributed by atoms with E-state index in [9.17, 15) is 10.0 Å². The average molecular weight is 423 g/mol. The SMILES string of the molecule is Nc1ncc(CN2CCC(C(=O)N3CCC(C(=NO)c4ccccc4)CC3)CC2)cn1. The fourth-order valence-corrected chi connectivity index (χ4v) is 4.66. The normalized spacial score (nSPS) is 19.5. The maximum Gasteiger partial charge on any atom is 0.225 e. The van der Waals surface area contributed by atoms with Crippen LogP contribution in [0.1, 0.15) is 36.8 Å². The molecule has 2 aromatic rings. The zero-order chi connectivity index (χ0) is 21.6. The molecule has 164 valence electrons. The Morgan fingerprint density at radius 3 is 2.23 bits per heavy atom. The van der Waals surface area contributed by atoms with Gasteiger partial charge in [-0.15, -0.1) is 0 Å². The van der Waals surface area contributed by atoms with Gasteiger partial charge in [-0.1, -0.05) is 35.5 Å². The third-order valence-corrected chi connectivity index (χ3v) is 6.44. The molecule has 3 heterocycles. The van der Waals surface area contributed by atoms with Gasteiger partial charge in [-0.2, -0.15) is 0 Å². The van der Waals surface area contributed by atoms with E-state index in [1.54, 1.807) is 12.4 Å². The summed E-state index contributed by atoms with van der Waals surface area (Å²) in [4.78, 5) is 25.5. The zero-order valence-electron chi connectivity index (χ0n) is 17.7. The molecule has 4 rings (SSSR count). The van der Waals surface area contributed by atoms with Crippen LogP contribution in [0.15, 0.2) is 47.9 Å². The number of anilines is 1. The molecular weight excluding hydrogens is 392 g/mol. The number of nitrogens with zero attached hydrogens (tertiary/aromatic N) is 5. The second kappa shape index (κ2) is 9.87. The molecular formula is C23H30N6O2. The molecule has 0 radical (unpaired) electrons. The molecule has 0 bridgehead atoms. The van der Waals surface area contributed by atoms with Crippen molar-refractivity contribution in [1.82, 2.24) is 19.8 Å². The van der Waals surface area contributed by atoms with Crippen LogP contribution in [0.4, 0.5) is 5.95 Å². The Balaban J connectivity index is 1.25. The van der Waals surface area contributed by atoms with Gasteiger partial charge in [-0.05, 0) is 44.3 Å². The minimum Gasteiger partial charge on any atom is -0.411 e. The number of piperidine rings is 2. The van der Waals surface area contributed by atoms with E-state index in [-0.39, 0.29) is 23.7 Å². The van der Waals surface area contributed by atoms with Crippen molar-refractivity contribution < 1.29 is 10.0 Å². The third-order valence-electron chi connectivity index (χ3n) is 6.44. The van der Waals surface area contributed by atoms with Crippen molar-refractivity contribution in [2.45, 2.75) is 32.2 Å².